The minimum Gasteiger partial charge on any atom is -0.333 e. The van der Waals surface area contributed by atoms with Crippen molar-refractivity contribution < 1.29 is 14.0 Å². The van der Waals surface area contributed by atoms with Gasteiger partial charge in [-0.05, 0) is 6.92 Å². The van der Waals surface area contributed by atoms with E-state index in [2.05, 4.69) is 0 Å². The fourth-order valence-electron chi connectivity index (χ4n) is 1.33. The molecule has 0 radical (unpaired) electrons. The van der Waals surface area contributed by atoms with Gasteiger partial charge in [-0.25, -0.2) is 4.39 Å². The number of hydrogen-bond acceptors (Lipinski definition) is 2. The number of halogens is 1. The summed E-state index contributed by atoms with van der Waals surface area (Å²) in [6.45, 7) is 2.75. The fourth-order valence-corrected chi connectivity index (χ4v) is 1.33. The van der Waals surface area contributed by atoms with E-state index in [4.69, 9.17) is 0 Å². The molecule has 0 saturated carbocycles. The van der Waals surface area contributed by atoms with Gasteiger partial charge in [0, 0.05) is 26.2 Å². The number of nitrogens with zero attached hydrogens (tertiary/aromatic N) is 2. The number of rotatable bonds is 3. The van der Waals surface area contributed by atoms with Crippen molar-refractivity contribution in [3.8, 4) is 0 Å². The number of carbonyl (C=O) groups is 2. The second-order valence-corrected chi connectivity index (χ2v) is 2.87. The summed E-state index contributed by atoms with van der Waals surface area (Å²) in [6.07, 6.45) is 0. The first-order valence-corrected chi connectivity index (χ1v) is 4.34. The lowest BCUT2D eigenvalue weighted by Gasteiger charge is -2.32. The SMILES string of the molecule is CCN1CCN(CCF)C(=O)C1=O. The Kier molecular flexibility index (Phi) is 3.22. The number of piperazine rings is 1. The summed E-state index contributed by atoms with van der Waals surface area (Å²) in [4.78, 5) is 25.2. The fraction of sp³-hybridized carbons (Fsp3) is 0.750. The Morgan fingerprint density at radius 2 is 1.77 bits per heavy atom. The van der Waals surface area contributed by atoms with Crippen LogP contribution in [-0.4, -0.2) is 54.5 Å². The van der Waals surface area contributed by atoms with Crippen LogP contribution in [0.25, 0.3) is 0 Å². The molecule has 1 fully saturated rings. The van der Waals surface area contributed by atoms with Gasteiger partial charge in [-0.1, -0.05) is 0 Å². The summed E-state index contributed by atoms with van der Waals surface area (Å²) in [6, 6.07) is 0. The Balaban J connectivity index is 2.59. The molecule has 0 aromatic rings. The summed E-state index contributed by atoms with van der Waals surface area (Å²) in [7, 11) is 0. The third-order valence-corrected chi connectivity index (χ3v) is 2.13. The molecule has 0 aromatic heterocycles. The largest absolute Gasteiger partial charge is 0.333 e. The standard InChI is InChI=1S/C8H13FN2O2/c1-2-10-5-6-11(4-3-9)8(13)7(10)12/h2-6H2,1H3. The van der Waals surface area contributed by atoms with Crippen LogP contribution in [0.15, 0.2) is 0 Å². The summed E-state index contributed by atoms with van der Waals surface area (Å²) in [5.41, 5.74) is 0. The van der Waals surface area contributed by atoms with Crippen molar-refractivity contribution in [1.82, 2.24) is 9.80 Å². The van der Waals surface area contributed by atoms with Crippen molar-refractivity contribution in [3.63, 3.8) is 0 Å². The first-order valence-electron chi connectivity index (χ1n) is 4.34. The first kappa shape index (κ1) is 9.95. The van der Waals surface area contributed by atoms with Crippen molar-refractivity contribution in [2.75, 3.05) is 32.9 Å². The Morgan fingerprint density at radius 1 is 1.23 bits per heavy atom. The lowest BCUT2D eigenvalue weighted by Crippen LogP contribution is -2.54. The molecule has 1 aliphatic heterocycles. The molecule has 0 spiro atoms. The Bertz CT molecular complexity index is 220. The molecule has 1 heterocycles. The molecule has 0 atom stereocenters. The normalized spacial score (nSPS) is 18.3. The van der Waals surface area contributed by atoms with Gasteiger partial charge in [0.1, 0.15) is 6.67 Å². The van der Waals surface area contributed by atoms with E-state index in [1.165, 1.54) is 9.80 Å². The van der Waals surface area contributed by atoms with Crippen molar-refractivity contribution in [2.24, 2.45) is 0 Å². The topological polar surface area (TPSA) is 40.6 Å². The van der Waals surface area contributed by atoms with Crippen LogP contribution in [0.3, 0.4) is 0 Å². The quantitative estimate of drug-likeness (QED) is 0.568. The molecule has 0 unspecified atom stereocenters. The van der Waals surface area contributed by atoms with E-state index < -0.39 is 18.5 Å². The summed E-state index contributed by atoms with van der Waals surface area (Å²) in [5, 5.41) is 0. The van der Waals surface area contributed by atoms with Crippen LogP contribution in [-0.2, 0) is 9.59 Å². The average molecular weight is 188 g/mol. The van der Waals surface area contributed by atoms with Crippen LogP contribution in [0, 0.1) is 0 Å². The van der Waals surface area contributed by atoms with Gasteiger partial charge >= 0.3 is 11.8 Å². The number of alkyl halides is 1. The molecule has 0 aliphatic carbocycles. The van der Waals surface area contributed by atoms with Gasteiger partial charge in [0.25, 0.3) is 0 Å². The molecule has 1 aliphatic rings. The van der Waals surface area contributed by atoms with Crippen LogP contribution >= 0.6 is 0 Å². The molecule has 1 saturated heterocycles. The second kappa shape index (κ2) is 4.20. The van der Waals surface area contributed by atoms with Crippen LogP contribution in [0.2, 0.25) is 0 Å². The molecule has 0 N–H and O–H groups in total. The zero-order valence-electron chi connectivity index (χ0n) is 7.62. The first-order chi connectivity index (χ1) is 6.20. The van der Waals surface area contributed by atoms with E-state index in [-0.39, 0.29) is 6.54 Å². The van der Waals surface area contributed by atoms with Crippen LogP contribution in [0.1, 0.15) is 6.92 Å². The number of amides is 2. The van der Waals surface area contributed by atoms with Gasteiger partial charge in [0.05, 0.1) is 0 Å². The summed E-state index contributed by atoms with van der Waals surface area (Å²) < 4.78 is 11.9. The van der Waals surface area contributed by atoms with Crippen molar-refractivity contribution in [1.29, 1.82) is 0 Å². The van der Waals surface area contributed by atoms with E-state index in [9.17, 15) is 14.0 Å². The predicted molar refractivity (Wildman–Crippen MR) is 44.8 cm³/mol. The smallest absolute Gasteiger partial charge is 0.312 e. The molecule has 74 valence electrons. The average Bonchev–Trinajstić information content (AvgIpc) is 2.14. The van der Waals surface area contributed by atoms with E-state index >= 15 is 0 Å². The van der Waals surface area contributed by atoms with Crippen LogP contribution in [0.4, 0.5) is 4.39 Å². The van der Waals surface area contributed by atoms with E-state index in [1.807, 2.05) is 6.92 Å². The number of likely N-dealkylation sites (N-methyl/N-ethyl adjacent to an activating group) is 1. The predicted octanol–water partition coefficient (Wildman–Crippen LogP) is -0.353. The Morgan fingerprint density at radius 3 is 2.31 bits per heavy atom. The highest BCUT2D eigenvalue weighted by Gasteiger charge is 2.30. The van der Waals surface area contributed by atoms with E-state index in [0.29, 0.717) is 19.6 Å². The highest BCUT2D eigenvalue weighted by molar-refractivity contribution is 6.35. The van der Waals surface area contributed by atoms with Gasteiger partial charge in [-0.3, -0.25) is 9.59 Å². The third kappa shape index (κ3) is 1.96. The second-order valence-electron chi connectivity index (χ2n) is 2.87. The molecule has 4 nitrogen and oxygen atoms in total. The van der Waals surface area contributed by atoms with E-state index in [0.717, 1.165) is 0 Å². The Hall–Kier alpha value is -1.13. The molecule has 5 heteroatoms. The van der Waals surface area contributed by atoms with Crippen LogP contribution < -0.4 is 0 Å². The molecular weight excluding hydrogens is 175 g/mol. The summed E-state index contributed by atoms with van der Waals surface area (Å²) >= 11 is 0. The third-order valence-electron chi connectivity index (χ3n) is 2.13. The van der Waals surface area contributed by atoms with Crippen molar-refractivity contribution >= 4 is 11.8 Å². The minimum absolute atomic E-state index is 0.0299. The van der Waals surface area contributed by atoms with Gasteiger partial charge in [0.2, 0.25) is 0 Å². The molecule has 2 amide bonds. The highest BCUT2D eigenvalue weighted by Crippen LogP contribution is 2.04. The number of hydrogen-bond donors (Lipinski definition) is 0. The molecule has 13 heavy (non-hydrogen) atoms. The van der Waals surface area contributed by atoms with Gasteiger partial charge in [-0.2, -0.15) is 0 Å². The summed E-state index contributed by atoms with van der Waals surface area (Å²) in [5.74, 6) is -1.09. The van der Waals surface area contributed by atoms with Gasteiger partial charge in [-0.15, -0.1) is 0 Å². The molecule has 0 bridgehead atoms. The molecule has 1 rings (SSSR count). The van der Waals surface area contributed by atoms with Crippen LogP contribution in [0.5, 0.6) is 0 Å². The maximum Gasteiger partial charge on any atom is 0.312 e. The minimum atomic E-state index is -0.592. The molecular formula is C8H13FN2O2. The van der Waals surface area contributed by atoms with E-state index in [1.54, 1.807) is 0 Å². The molecule has 0 aromatic carbocycles. The Labute approximate surface area is 76.3 Å². The highest BCUT2D eigenvalue weighted by atomic mass is 19.1. The zero-order chi connectivity index (χ0) is 9.84. The monoisotopic (exact) mass is 188 g/mol. The van der Waals surface area contributed by atoms with Crippen molar-refractivity contribution in [2.45, 2.75) is 6.92 Å². The zero-order valence-corrected chi connectivity index (χ0v) is 7.62. The lowest BCUT2D eigenvalue weighted by atomic mass is 10.3. The van der Waals surface area contributed by atoms with Crippen molar-refractivity contribution in [3.05, 3.63) is 0 Å². The maximum atomic E-state index is 11.9. The maximum absolute atomic E-state index is 11.9. The lowest BCUT2D eigenvalue weighted by molar-refractivity contribution is -0.155. The number of carbonyl (C=O) groups excluding carboxylic acids is 2. The van der Waals surface area contributed by atoms with Gasteiger partial charge in [0.15, 0.2) is 0 Å². The van der Waals surface area contributed by atoms with Gasteiger partial charge < -0.3 is 9.80 Å².